The van der Waals surface area contributed by atoms with Crippen LogP contribution in [-0.4, -0.2) is 45.0 Å². The minimum Gasteiger partial charge on any atom is -0.493 e. The summed E-state index contributed by atoms with van der Waals surface area (Å²) in [6.45, 7) is 0. The molecule has 3 heterocycles. The SMILES string of the molecule is COc1cccc([C@@H]2S[C@@H](Cc3nc(CCC(=O)O)cs3)c3nnc(C(F)(F)F)n3-c3ccc(Cl)cc32)c1OC. The van der Waals surface area contributed by atoms with Crippen molar-refractivity contribution < 1.29 is 32.5 Å². The molecule has 0 fully saturated rings. The van der Waals surface area contributed by atoms with Crippen LogP contribution >= 0.6 is 34.7 Å². The Hall–Kier alpha value is -3.29. The molecule has 0 bridgehead atoms. The third kappa shape index (κ3) is 5.50. The van der Waals surface area contributed by atoms with Crippen LogP contribution < -0.4 is 9.47 Å². The van der Waals surface area contributed by atoms with Crippen LogP contribution in [0.25, 0.3) is 5.69 Å². The monoisotopic (exact) mass is 610 g/mol. The number of ether oxygens (including phenoxy) is 2. The number of alkyl halides is 3. The molecule has 14 heteroatoms. The molecule has 8 nitrogen and oxygen atoms in total. The number of rotatable bonds is 8. The third-order valence-electron chi connectivity index (χ3n) is 6.31. The van der Waals surface area contributed by atoms with Crippen molar-refractivity contribution in [2.45, 2.75) is 35.9 Å². The Bertz CT molecular complexity index is 1560. The standard InChI is InChI=1S/C26H22ClF3N4O4S2/c1-37-18-5-3-4-15(22(18)38-2)23-16-10-13(27)6-8-17(16)34-24(32-33-25(34)26(28,29)30)19(40-23)11-20-31-14(12-39-20)7-9-21(35)36/h3-6,8,10,12,19,23H,7,9,11H2,1-2H3,(H,35,36)/t19-,23-/m0/s1. The molecule has 0 spiro atoms. The van der Waals surface area contributed by atoms with E-state index in [9.17, 15) is 18.0 Å². The smallest absolute Gasteiger partial charge is 0.452 e. The van der Waals surface area contributed by atoms with Gasteiger partial charge in [0.05, 0.1) is 47.5 Å². The Labute approximate surface area is 240 Å². The number of nitrogens with zero attached hydrogens (tertiary/aromatic N) is 4. The van der Waals surface area contributed by atoms with Gasteiger partial charge in [0, 0.05) is 28.8 Å². The van der Waals surface area contributed by atoms with E-state index in [0.29, 0.717) is 38.4 Å². The lowest BCUT2D eigenvalue weighted by Crippen LogP contribution is -2.16. The summed E-state index contributed by atoms with van der Waals surface area (Å²) in [6.07, 6.45) is -4.34. The van der Waals surface area contributed by atoms with Crippen molar-refractivity contribution in [2.75, 3.05) is 14.2 Å². The van der Waals surface area contributed by atoms with Gasteiger partial charge in [-0.05, 0) is 29.8 Å². The molecule has 0 radical (unpaired) electrons. The summed E-state index contributed by atoms with van der Waals surface area (Å²) < 4.78 is 54.9. The van der Waals surface area contributed by atoms with Gasteiger partial charge in [0.25, 0.3) is 0 Å². The van der Waals surface area contributed by atoms with Gasteiger partial charge in [-0.1, -0.05) is 23.7 Å². The number of aliphatic carboxylic acids is 1. The number of para-hydroxylation sites is 1. The van der Waals surface area contributed by atoms with E-state index in [2.05, 4.69) is 15.2 Å². The summed E-state index contributed by atoms with van der Waals surface area (Å²) in [5.41, 5.74) is 2.08. The fourth-order valence-electron chi connectivity index (χ4n) is 4.61. The summed E-state index contributed by atoms with van der Waals surface area (Å²) in [5.74, 6) is -1.04. The van der Waals surface area contributed by atoms with Gasteiger partial charge in [0.2, 0.25) is 5.82 Å². The highest BCUT2D eigenvalue weighted by molar-refractivity contribution is 8.00. The summed E-state index contributed by atoms with van der Waals surface area (Å²) in [4.78, 5) is 15.5. The van der Waals surface area contributed by atoms with Crippen molar-refractivity contribution in [3.8, 4) is 17.2 Å². The first kappa shape index (κ1) is 28.2. The van der Waals surface area contributed by atoms with Crippen molar-refractivity contribution in [3.05, 3.63) is 80.3 Å². The van der Waals surface area contributed by atoms with Crippen molar-refractivity contribution in [1.29, 1.82) is 0 Å². The first-order chi connectivity index (χ1) is 19.1. The maximum Gasteiger partial charge on any atom is 0.452 e. The highest BCUT2D eigenvalue weighted by Crippen LogP contribution is 2.54. The van der Waals surface area contributed by atoms with Crippen LogP contribution in [-0.2, 0) is 23.8 Å². The second kappa shape index (κ2) is 11.3. The lowest BCUT2D eigenvalue weighted by molar-refractivity contribution is -0.146. The molecular formula is C26H22ClF3N4O4S2. The Morgan fingerprint density at radius 1 is 1.15 bits per heavy atom. The molecule has 0 saturated heterocycles. The number of methoxy groups -OCH3 is 2. The lowest BCUT2D eigenvalue weighted by Gasteiger charge is -2.23. The number of benzene rings is 2. The van der Waals surface area contributed by atoms with Crippen molar-refractivity contribution in [1.82, 2.24) is 19.7 Å². The molecule has 210 valence electrons. The normalized spacial score (nSPS) is 16.6. The van der Waals surface area contributed by atoms with Gasteiger partial charge in [0.15, 0.2) is 17.3 Å². The molecule has 2 aromatic carbocycles. The number of halogens is 4. The van der Waals surface area contributed by atoms with Crippen LogP contribution in [0.15, 0.2) is 41.8 Å². The van der Waals surface area contributed by atoms with E-state index in [1.165, 1.54) is 49.5 Å². The number of thioether (sulfide) groups is 1. The lowest BCUT2D eigenvalue weighted by atomic mass is 10.0. The number of aryl methyl sites for hydroxylation is 1. The Balaban J connectivity index is 1.68. The number of thiazole rings is 1. The second-order valence-electron chi connectivity index (χ2n) is 8.84. The Morgan fingerprint density at radius 3 is 2.65 bits per heavy atom. The summed E-state index contributed by atoms with van der Waals surface area (Å²) >= 11 is 9.09. The molecule has 0 unspecified atom stereocenters. The zero-order valence-corrected chi connectivity index (χ0v) is 23.5. The maximum absolute atomic E-state index is 14.2. The molecule has 5 rings (SSSR count). The van der Waals surface area contributed by atoms with E-state index in [1.54, 1.807) is 23.6 Å². The number of aromatic nitrogens is 4. The fourth-order valence-corrected chi connectivity index (χ4v) is 7.30. The van der Waals surface area contributed by atoms with E-state index >= 15 is 0 Å². The summed E-state index contributed by atoms with van der Waals surface area (Å²) in [6, 6.07) is 10.1. The molecule has 1 aliphatic rings. The van der Waals surface area contributed by atoms with Crippen molar-refractivity contribution in [3.63, 3.8) is 0 Å². The minimum atomic E-state index is -4.77. The predicted octanol–water partition coefficient (Wildman–Crippen LogP) is 6.55. The number of hydrogen-bond acceptors (Lipinski definition) is 8. The Kier molecular flexibility index (Phi) is 7.98. The largest absolute Gasteiger partial charge is 0.493 e. The van der Waals surface area contributed by atoms with E-state index in [1.807, 2.05) is 6.07 Å². The van der Waals surface area contributed by atoms with Gasteiger partial charge in [-0.25, -0.2) is 4.98 Å². The number of carboxylic acids is 1. The molecule has 2 atom stereocenters. The molecular weight excluding hydrogens is 589 g/mol. The predicted molar refractivity (Wildman–Crippen MR) is 145 cm³/mol. The van der Waals surface area contributed by atoms with Gasteiger partial charge in [-0.2, -0.15) is 13.2 Å². The van der Waals surface area contributed by atoms with Gasteiger partial charge in [-0.3, -0.25) is 9.36 Å². The fraction of sp³-hybridized carbons (Fsp3) is 0.308. The minimum absolute atomic E-state index is 0.0710. The first-order valence-electron chi connectivity index (χ1n) is 11.9. The second-order valence-corrected chi connectivity index (χ2v) is 11.5. The molecule has 1 N–H and O–H groups in total. The maximum atomic E-state index is 14.2. The van der Waals surface area contributed by atoms with Gasteiger partial charge in [-0.15, -0.1) is 33.3 Å². The number of fused-ring (bicyclic) bond motifs is 3. The van der Waals surface area contributed by atoms with E-state index in [4.69, 9.17) is 26.2 Å². The van der Waals surface area contributed by atoms with Crippen LogP contribution in [0.4, 0.5) is 13.2 Å². The molecule has 4 aromatic rings. The third-order valence-corrected chi connectivity index (χ3v) is 8.95. The molecule has 0 amide bonds. The van der Waals surface area contributed by atoms with Gasteiger partial charge >= 0.3 is 12.1 Å². The first-order valence-corrected chi connectivity index (χ1v) is 14.1. The highest BCUT2D eigenvalue weighted by atomic mass is 35.5. The van der Waals surface area contributed by atoms with Crippen LogP contribution in [0.1, 0.15) is 50.4 Å². The van der Waals surface area contributed by atoms with Crippen molar-refractivity contribution >= 4 is 40.7 Å². The molecule has 0 saturated carbocycles. The summed E-state index contributed by atoms with van der Waals surface area (Å²) in [5, 5.41) is 18.2. The topological polar surface area (TPSA) is 99.4 Å². The zero-order chi connectivity index (χ0) is 28.6. The number of carbonyl (C=O) groups is 1. The van der Waals surface area contributed by atoms with E-state index in [0.717, 1.165) is 4.57 Å². The number of carboxylic acid groups (broad SMARTS) is 1. The average molecular weight is 611 g/mol. The van der Waals surface area contributed by atoms with Gasteiger partial charge < -0.3 is 14.6 Å². The zero-order valence-electron chi connectivity index (χ0n) is 21.1. The quantitative estimate of drug-likeness (QED) is 0.240. The van der Waals surface area contributed by atoms with E-state index < -0.39 is 28.5 Å². The van der Waals surface area contributed by atoms with Gasteiger partial charge in [0.1, 0.15) is 0 Å². The van der Waals surface area contributed by atoms with Crippen LogP contribution in [0.2, 0.25) is 5.02 Å². The van der Waals surface area contributed by atoms with Crippen molar-refractivity contribution in [2.24, 2.45) is 0 Å². The molecule has 1 aliphatic heterocycles. The number of hydrogen-bond donors (Lipinski definition) is 1. The van der Waals surface area contributed by atoms with Crippen LogP contribution in [0.5, 0.6) is 11.5 Å². The molecule has 40 heavy (non-hydrogen) atoms. The highest BCUT2D eigenvalue weighted by Gasteiger charge is 2.43. The molecule has 2 aromatic heterocycles. The van der Waals surface area contributed by atoms with Crippen LogP contribution in [0.3, 0.4) is 0 Å². The average Bonchev–Trinajstić information content (AvgIpc) is 3.54. The Morgan fingerprint density at radius 2 is 1.95 bits per heavy atom. The summed E-state index contributed by atoms with van der Waals surface area (Å²) in [7, 11) is 3.01. The van der Waals surface area contributed by atoms with Crippen LogP contribution in [0, 0.1) is 0 Å². The molecule has 0 aliphatic carbocycles. The van der Waals surface area contributed by atoms with E-state index in [-0.39, 0.29) is 30.8 Å².